The molecule has 0 aromatic heterocycles. The first-order valence-corrected chi connectivity index (χ1v) is 7.68. The Morgan fingerprint density at radius 1 is 1.09 bits per heavy atom. The molecule has 1 amide bonds. The third-order valence-electron chi connectivity index (χ3n) is 3.20. The van der Waals surface area contributed by atoms with E-state index in [2.05, 4.69) is 10.6 Å². The minimum atomic E-state index is -0.368. The van der Waals surface area contributed by atoms with Crippen molar-refractivity contribution in [3.63, 3.8) is 0 Å². The number of nitrogens with one attached hydrogen (secondary N) is 2. The number of amides is 1. The van der Waals surface area contributed by atoms with Crippen LogP contribution in [0, 0.1) is 13.8 Å². The molecule has 2 rings (SSSR count). The van der Waals surface area contributed by atoms with E-state index in [1.807, 2.05) is 32.0 Å². The average Bonchev–Trinajstić information content (AvgIpc) is 2.42. The molecule has 22 heavy (non-hydrogen) atoms. The Bertz CT molecular complexity index is 727. The zero-order valence-corrected chi connectivity index (χ0v) is 14.4. The maximum atomic E-state index is 12.1. The Kier molecular flexibility index (Phi) is 5.40. The van der Waals surface area contributed by atoms with Gasteiger partial charge in [-0.15, -0.1) is 0 Å². The van der Waals surface area contributed by atoms with Gasteiger partial charge in [0.25, 0.3) is 5.91 Å². The number of carbonyl (C=O) groups is 1. The summed E-state index contributed by atoms with van der Waals surface area (Å²) in [5.41, 5.74) is 3.42. The zero-order chi connectivity index (χ0) is 16.3. The van der Waals surface area contributed by atoms with Crippen LogP contribution in [0.4, 0.5) is 5.69 Å². The molecule has 0 fully saturated rings. The van der Waals surface area contributed by atoms with Crippen LogP contribution in [0.15, 0.2) is 36.4 Å². The summed E-state index contributed by atoms with van der Waals surface area (Å²) in [6.07, 6.45) is 0. The molecule has 0 aliphatic heterocycles. The van der Waals surface area contributed by atoms with Crippen LogP contribution < -0.4 is 10.6 Å². The van der Waals surface area contributed by atoms with Crippen molar-refractivity contribution in [3.05, 3.63) is 63.1 Å². The maximum absolute atomic E-state index is 12.1. The second-order valence-electron chi connectivity index (χ2n) is 4.81. The second kappa shape index (κ2) is 7.09. The quantitative estimate of drug-likeness (QED) is 0.767. The largest absolute Gasteiger partial charge is 0.332 e. The van der Waals surface area contributed by atoms with Crippen LogP contribution in [-0.2, 0) is 0 Å². The van der Waals surface area contributed by atoms with Crippen LogP contribution in [0.5, 0.6) is 0 Å². The van der Waals surface area contributed by atoms with E-state index in [1.165, 1.54) is 12.1 Å². The number of hydrogen-bond acceptors (Lipinski definition) is 2. The molecule has 2 aromatic rings. The van der Waals surface area contributed by atoms with E-state index in [1.54, 1.807) is 6.07 Å². The molecule has 0 radical (unpaired) electrons. The lowest BCUT2D eigenvalue weighted by molar-refractivity contribution is 0.0977. The van der Waals surface area contributed by atoms with Gasteiger partial charge < -0.3 is 5.32 Å². The van der Waals surface area contributed by atoms with Gasteiger partial charge in [0, 0.05) is 21.3 Å². The van der Waals surface area contributed by atoms with Crippen LogP contribution in [0.3, 0.4) is 0 Å². The molecular formula is C16H14Cl2N2OS. The number of thiocarbonyl (C=S) groups is 1. The number of anilines is 1. The van der Waals surface area contributed by atoms with Crippen molar-refractivity contribution in [2.75, 3.05) is 5.32 Å². The Hall–Kier alpha value is -1.62. The predicted molar refractivity (Wildman–Crippen MR) is 96.1 cm³/mol. The lowest BCUT2D eigenvalue weighted by Crippen LogP contribution is -2.34. The summed E-state index contributed by atoms with van der Waals surface area (Å²) in [5, 5.41) is 6.63. The van der Waals surface area contributed by atoms with E-state index in [0.29, 0.717) is 15.6 Å². The van der Waals surface area contributed by atoms with E-state index in [9.17, 15) is 4.79 Å². The normalized spacial score (nSPS) is 10.2. The number of carbonyl (C=O) groups excluding carboxylic acids is 1. The third-order valence-corrected chi connectivity index (χ3v) is 3.85. The fourth-order valence-electron chi connectivity index (χ4n) is 1.90. The number of halogens is 2. The van der Waals surface area contributed by atoms with Crippen LogP contribution in [0.2, 0.25) is 10.0 Å². The van der Waals surface area contributed by atoms with Crippen LogP contribution >= 0.6 is 35.4 Å². The Morgan fingerprint density at radius 3 is 2.36 bits per heavy atom. The molecule has 6 heteroatoms. The van der Waals surface area contributed by atoms with Gasteiger partial charge in [-0.3, -0.25) is 10.1 Å². The molecule has 0 saturated heterocycles. The van der Waals surface area contributed by atoms with Crippen molar-refractivity contribution >= 4 is 52.1 Å². The summed E-state index contributed by atoms with van der Waals surface area (Å²) in [6.45, 7) is 3.99. The highest BCUT2D eigenvalue weighted by Crippen LogP contribution is 2.20. The number of aryl methyl sites for hydroxylation is 1. The van der Waals surface area contributed by atoms with Gasteiger partial charge in [0.05, 0.1) is 0 Å². The van der Waals surface area contributed by atoms with Gasteiger partial charge in [-0.05, 0) is 61.5 Å². The van der Waals surface area contributed by atoms with Gasteiger partial charge in [0.15, 0.2) is 5.11 Å². The Morgan fingerprint density at radius 2 is 1.73 bits per heavy atom. The van der Waals surface area contributed by atoms with Crippen molar-refractivity contribution in [2.24, 2.45) is 0 Å². The van der Waals surface area contributed by atoms with E-state index in [0.717, 1.165) is 16.8 Å². The monoisotopic (exact) mass is 352 g/mol. The number of hydrogen-bond donors (Lipinski definition) is 2. The average molecular weight is 353 g/mol. The van der Waals surface area contributed by atoms with Gasteiger partial charge in [0.1, 0.15) is 0 Å². The smallest absolute Gasteiger partial charge is 0.257 e. The lowest BCUT2D eigenvalue weighted by Gasteiger charge is -2.13. The van der Waals surface area contributed by atoms with E-state index < -0.39 is 0 Å². The molecule has 0 atom stereocenters. The van der Waals surface area contributed by atoms with Gasteiger partial charge in [-0.1, -0.05) is 35.3 Å². The summed E-state index contributed by atoms with van der Waals surface area (Å²) < 4.78 is 0. The molecule has 114 valence electrons. The molecule has 0 unspecified atom stereocenters. The summed E-state index contributed by atoms with van der Waals surface area (Å²) >= 11 is 16.9. The van der Waals surface area contributed by atoms with Gasteiger partial charge in [-0.2, -0.15) is 0 Å². The fraction of sp³-hybridized carbons (Fsp3) is 0.125. The molecule has 3 nitrogen and oxygen atoms in total. The third kappa shape index (κ3) is 4.19. The first kappa shape index (κ1) is 16.7. The highest BCUT2D eigenvalue weighted by atomic mass is 35.5. The highest BCUT2D eigenvalue weighted by molar-refractivity contribution is 7.80. The molecular weight excluding hydrogens is 339 g/mol. The van der Waals surface area contributed by atoms with Crippen molar-refractivity contribution < 1.29 is 4.79 Å². The van der Waals surface area contributed by atoms with Gasteiger partial charge in [-0.25, -0.2) is 0 Å². The minimum Gasteiger partial charge on any atom is -0.332 e. The molecule has 0 heterocycles. The fourth-order valence-corrected chi connectivity index (χ4v) is 2.63. The molecule has 0 bridgehead atoms. The number of benzene rings is 2. The molecule has 2 aromatic carbocycles. The van der Waals surface area contributed by atoms with E-state index >= 15 is 0 Å². The Labute approximate surface area is 144 Å². The standard InChI is InChI=1S/C16H14Cl2N2OS/c1-9-4-3-5-14(10(9)2)19-16(22)20-15(21)11-6-12(17)8-13(18)7-11/h3-8H,1-2H3,(H2,19,20,21,22). The minimum absolute atomic E-state index is 0.217. The van der Waals surface area contributed by atoms with Crippen molar-refractivity contribution in [3.8, 4) is 0 Å². The first-order valence-electron chi connectivity index (χ1n) is 6.51. The molecule has 0 saturated carbocycles. The van der Waals surface area contributed by atoms with Crippen molar-refractivity contribution in [1.82, 2.24) is 5.32 Å². The van der Waals surface area contributed by atoms with E-state index in [4.69, 9.17) is 35.4 Å². The molecule has 0 aliphatic carbocycles. The topological polar surface area (TPSA) is 41.1 Å². The van der Waals surface area contributed by atoms with Crippen LogP contribution in [0.1, 0.15) is 21.5 Å². The highest BCUT2D eigenvalue weighted by Gasteiger charge is 2.11. The summed E-state index contributed by atoms with van der Waals surface area (Å²) in [4.78, 5) is 12.1. The molecule has 0 aliphatic rings. The van der Waals surface area contributed by atoms with Crippen LogP contribution in [0.25, 0.3) is 0 Å². The maximum Gasteiger partial charge on any atom is 0.257 e. The van der Waals surface area contributed by atoms with Crippen LogP contribution in [-0.4, -0.2) is 11.0 Å². The summed E-state index contributed by atoms with van der Waals surface area (Å²) in [5.74, 6) is -0.368. The van der Waals surface area contributed by atoms with Gasteiger partial charge >= 0.3 is 0 Å². The summed E-state index contributed by atoms with van der Waals surface area (Å²) in [7, 11) is 0. The lowest BCUT2D eigenvalue weighted by atomic mass is 10.1. The SMILES string of the molecule is Cc1cccc(NC(=S)NC(=O)c2cc(Cl)cc(Cl)c2)c1C. The van der Waals surface area contributed by atoms with Crippen molar-refractivity contribution in [2.45, 2.75) is 13.8 Å². The zero-order valence-electron chi connectivity index (χ0n) is 12.0. The summed E-state index contributed by atoms with van der Waals surface area (Å²) in [6, 6.07) is 10.5. The number of rotatable bonds is 2. The predicted octanol–water partition coefficient (Wildman–Crippen LogP) is 4.74. The van der Waals surface area contributed by atoms with E-state index in [-0.39, 0.29) is 11.0 Å². The molecule has 2 N–H and O–H groups in total. The Balaban J connectivity index is 2.08. The van der Waals surface area contributed by atoms with Gasteiger partial charge in [0.2, 0.25) is 0 Å². The second-order valence-corrected chi connectivity index (χ2v) is 6.09. The van der Waals surface area contributed by atoms with Crippen molar-refractivity contribution in [1.29, 1.82) is 0 Å². The first-order chi connectivity index (χ1) is 10.4. The molecule has 0 spiro atoms.